The van der Waals surface area contributed by atoms with Crippen LogP contribution in [0.3, 0.4) is 0 Å². The van der Waals surface area contributed by atoms with Gasteiger partial charge in [0, 0.05) is 237 Å². The van der Waals surface area contributed by atoms with E-state index in [9.17, 15) is 29.1 Å². The fraction of sp³-hybridized carbons (Fsp3) is 0.560. The van der Waals surface area contributed by atoms with Crippen molar-refractivity contribution < 1.29 is 14.7 Å². The number of aromatic nitrogens is 18. The molecule has 10 aliphatic rings. The second-order valence-electron chi connectivity index (χ2n) is 39.2. The van der Waals surface area contributed by atoms with Gasteiger partial charge in [-0.25, -0.2) is 60.1 Å². The van der Waals surface area contributed by atoms with Crippen LogP contribution in [-0.2, 0) is 25.9 Å². The van der Waals surface area contributed by atoms with Crippen LogP contribution in [0.15, 0.2) is 124 Å². The van der Waals surface area contributed by atoms with E-state index in [2.05, 4.69) is 165 Å². The number of pyridine rings is 6. The van der Waals surface area contributed by atoms with E-state index >= 15 is 0 Å². The Morgan fingerprint density at radius 1 is 0.391 bits per heavy atom. The van der Waals surface area contributed by atoms with Gasteiger partial charge >= 0.3 is 6.03 Å². The van der Waals surface area contributed by atoms with Gasteiger partial charge in [-0.1, -0.05) is 19.8 Å². The number of hydrazine groups is 2. The molecule has 732 valence electrons. The van der Waals surface area contributed by atoms with Gasteiger partial charge in [0.15, 0.2) is 16.9 Å². The Labute approximate surface area is 803 Å². The SMILES string of the molecule is CC(C)NC(=O)N1CCC(Nc2ncc3ccc(=O)n(C)c3n2)CC1.CCCC(=O)NC1CCC(Nc2ncc3ccc(C4CC4)nc3n2)CC1.Cn1c(=O)ccc2cnc(NC3CCN(NNC4CCCC4)CC3)nc21.Cn1c(=O)ccc2cnc(NC3CCNCC3)nc21.NC1CCC(Nc2ncc3ccc(C4CC4)nc3n2)CC1.OC1CCC(Nc2ncc3ccc(C4CC4)nc3n2)CC1. The Morgan fingerprint density at radius 2 is 0.725 bits per heavy atom. The van der Waals surface area contributed by atoms with Crippen molar-refractivity contribution in [3.8, 4) is 0 Å². The van der Waals surface area contributed by atoms with Crippen molar-refractivity contribution >= 4 is 114 Å². The minimum Gasteiger partial charge on any atom is -0.393 e. The number of fused-ring (bicyclic) bond motifs is 6. The minimum absolute atomic E-state index is 0.00888. The van der Waals surface area contributed by atoms with Crippen LogP contribution in [0.25, 0.3) is 66.2 Å². The number of nitrogens with two attached hydrogens (primary N) is 1. The summed E-state index contributed by atoms with van der Waals surface area (Å²) in [4.78, 5) is 128. The number of rotatable bonds is 22. The Bertz CT molecular complexity index is 6180. The summed E-state index contributed by atoms with van der Waals surface area (Å²) < 4.78 is 4.62. The molecule has 38 nitrogen and oxygen atoms in total. The molecule has 0 unspecified atom stereocenters. The Hall–Kier alpha value is -12.4. The first-order valence-corrected chi connectivity index (χ1v) is 50.4. The number of anilines is 6. The lowest BCUT2D eigenvalue weighted by molar-refractivity contribution is -0.122. The number of hydrogen-bond donors (Lipinski definition) is 13. The average molecular weight is 1880 g/mol. The normalized spacial score (nSPS) is 21.1. The van der Waals surface area contributed by atoms with Gasteiger partial charge in [0.1, 0.15) is 16.9 Å². The van der Waals surface area contributed by atoms with Gasteiger partial charge in [-0.2, -0.15) is 35.4 Å². The molecule has 38 heteroatoms. The van der Waals surface area contributed by atoms with E-state index in [1.54, 1.807) is 73.1 Å². The smallest absolute Gasteiger partial charge is 0.317 e. The molecule has 7 aliphatic carbocycles. The van der Waals surface area contributed by atoms with Gasteiger partial charge in [-0.3, -0.25) is 32.9 Å². The maximum absolute atomic E-state index is 12.0. The van der Waals surface area contributed by atoms with E-state index < -0.39 is 0 Å². The fourth-order valence-corrected chi connectivity index (χ4v) is 18.9. The summed E-state index contributed by atoms with van der Waals surface area (Å²) in [6.45, 7) is 11.3. The number of urea groups is 1. The fourth-order valence-electron chi connectivity index (χ4n) is 18.9. The van der Waals surface area contributed by atoms with Crippen LogP contribution in [0.1, 0.15) is 248 Å². The molecule has 138 heavy (non-hydrogen) atoms. The summed E-state index contributed by atoms with van der Waals surface area (Å²) in [5.41, 5.74) is 20.4. The van der Waals surface area contributed by atoms with Crippen molar-refractivity contribution in [2.45, 2.75) is 298 Å². The van der Waals surface area contributed by atoms with Crippen LogP contribution in [0.4, 0.5) is 40.5 Å². The molecular formula is C100H136N32O6. The lowest BCUT2D eigenvalue weighted by Gasteiger charge is -2.33. The Morgan fingerprint density at radius 3 is 1.10 bits per heavy atom. The number of aliphatic hydroxyl groups is 1. The molecule has 14 N–H and O–H groups in total. The van der Waals surface area contributed by atoms with E-state index in [4.69, 9.17) is 15.7 Å². The molecule has 0 atom stereocenters. The number of carbonyl (C=O) groups excluding carboxylic acids is 2. The molecule has 0 radical (unpaired) electrons. The van der Waals surface area contributed by atoms with Gasteiger partial charge in [-0.05, 0) is 255 Å². The summed E-state index contributed by atoms with van der Waals surface area (Å²) in [6.07, 6.45) is 42.8. The second kappa shape index (κ2) is 46.4. The summed E-state index contributed by atoms with van der Waals surface area (Å²) in [7, 11) is 5.17. The monoisotopic (exact) mass is 1880 g/mol. The highest BCUT2D eigenvalue weighted by Crippen LogP contribution is 2.42. The third-order valence-corrected chi connectivity index (χ3v) is 27.8. The van der Waals surface area contributed by atoms with Crippen molar-refractivity contribution in [2.24, 2.45) is 26.9 Å². The lowest BCUT2D eigenvalue weighted by Crippen LogP contribution is -2.54. The number of nitrogens with zero attached hydrogens (tertiary/aromatic N) is 20. The average Bonchev–Trinajstić information content (AvgIpc) is 1.73. The molecule has 0 aromatic carbocycles. The summed E-state index contributed by atoms with van der Waals surface area (Å²) in [6, 6.07) is 25.9. The molecule has 10 fully saturated rings. The third-order valence-electron chi connectivity index (χ3n) is 27.8. The summed E-state index contributed by atoms with van der Waals surface area (Å²) >= 11 is 0. The number of amides is 3. The highest BCUT2D eigenvalue weighted by atomic mass is 16.3. The van der Waals surface area contributed by atoms with Gasteiger partial charge in [0.25, 0.3) is 16.7 Å². The zero-order chi connectivity index (χ0) is 95.5. The molecule has 22 rings (SSSR count). The molecule has 15 heterocycles. The van der Waals surface area contributed by atoms with E-state index in [-0.39, 0.29) is 46.8 Å². The molecular weight excluding hydrogens is 1750 g/mol. The Balaban J connectivity index is 0.000000115. The van der Waals surface area contributed by atoms with Crippen molar-refractivity contribution in [2.75, 3.05) is 71.2 Å². The number of aryl methyl sites for hydroxylation is 3. The molecule has 12 aromatic rings. The number of hydrogen-bond acceptors (Lipinski definition) is 32. The molecule has 3 amide bonds. The number of nitrogens with one attached hydrogen (secondary N) is 11. The molecule has 3 saturated heterocycles. The third kappa shape index (κ3) is 27.2. The largest absolute Gasteiger partial charge is 0.393 e. The van der Waals surface area contributed by atoms with Gasteiger partial charge < -0.3 is 63.6 Å². The first-order chi connectivity index (χ1) is 67.1. The van der Waals surface area contributed by atoms with Crippen molar-refractivity contribution in [3.05, 3.63) is 158 Å². The van der Waals surface area contributed by atoms with Crippen LogP contribution >= 0.6 is 0 Å². The van der Waals surface area contributed by atoms with Gasteiger partial charge in [-0.15, -0.1) is 0 Å². The topological polar surface area (TPSA) is 479 Å². The van der Waals surface area contributed by atoms with Crippen LogP contribution in [0, 0.1) is 0 Å². The lowest BCUT2D eigenvalue weighted by atomic mass is 9.91. The first kappa shape index (κ1) is 97.3. The van der Waals surface area contributed by atoms with Crippen LogP contribution in [-0.4, -0.2) is 221 Å². The predicted molar refractivity (Wildman–Crippen MR) is 539 cm³/mol. The number of likely N-dealkylation sites (tertiary alicyclic amines) is 1. The van der Waals surface area contributed by atoms with Crippen molar-refractivity contribution in [1.29, 1.82) is 0 Å². The van der Waals surface area contributed by atoms with Crippen molar-refractivity contribution in [1.82, 2.24) is 125 Å². The van der Waals surface area contributed by atoms with Gasteiger partial charge in [0.05, 0.1) is 6.10 Å². The first-order valence-electron chi connectivity index (χ1n) is 50.4. The van der Waals surface area contributed by atoms with E-state index in [0.717, 1.165) is 209 Å². The molecule has 7 saturated carbocycles. The second-order valence-corrected chi connectivity index (χ2v) is 39.2. The number of piperidine rings is 3. The van der Waals surface area contributed by atoms with Crippen LogP contribution in [0.2, 0.25) is 0 Å². The predicted octanol–water partition coefficient (Wildman–Crippen LogP) is 11.7. The molecule has 12 aromatic heterocycles. The molecule has 3 aliphatic heterocycles. The van der Waals surface area contributed by atoms with E-state index in [0.29, 0.717) is 138 Å². The Kier molecular flexibility index (Phi) is 32.7. The zero-order valence-corrected chi connectivity index (χ0v) is 80.4. The van der Waals surface area contributed by atoms with Gasteiger partial charge in [0.2, 0.25) is 41.6 Å². The van der Waals surface area contributed by atoms with Crippen LogP contribution in [0.5, 0.6) is 0 Å². The standard InChI is InChI=1S/C20H27N5O.C18H27N7O.C17H24N6O2.C16H21N5.C16H20N4O.C13H17N5O/c1-2-3-18(26)22-15-7-9-16(10-8-15)23-20-21-12-14-6-11-17(13-4-5-13)24-19(14)25-20;1-24-16(26)7-6-13-12-19-18(21-17(13)24)20-14-8-10-25(11-9-14)23-22-15-4-2-3-5-15;1-11(2)19-17(25)23-8-6-13(7-9-23)20-16-18-10-12-4-5-14(24)22(3)15(12)21-16;17-12-4-6-13(7-5-12)19-16-18-9-11-3-8-14(10-1-2-10)20-15(11)21-16;21-13-6-4-12(5-7-13)18-16-17-9-11-3-8-14(10-1-2-10)19-15(11)20-16;1-18-11(19)3-2-9-8-15-13(17-12(9)18)16-10-4-6-14-7-5-10/h6,11-13,15-16H,2-5,7-10H2,1H3,(H,22,26)(H,21,23,24,25);6-7,12,14-15,22-23H,2-5,8-11H2,1H3,(H,19,20,21);4-5,10-11,13H,6-9H2,1-3H3,(H,19,25)(H,18,20,21);3,8-10,12-13H,1-2,4-7,17H2,(H,18,19,20,21);3,8-10,12-13,21H,1-2,4-7H2,(H,17,18,19,20);2-3,8,10,14H,4-7H2,1H3,(H,15,16,17). The number of carbonyl (C=O) groups is 2. The maximum atomic E-state index is 12.0. The quantitative estimate of drug-likeness (QED) is 0.0280. The summed E-state index contributed by atoms with van der Waals surface area (Å²) in [5.74, 6) is 5.82. The zero-order valence-electron chi connectivity index (χ0n) is 80.4. The summed E-state index contributed by atoms with van der Waals surface area (Å²) in [5, 5.41) is 47.1. The minimum atomic E-state index is -0.136. The number of aliphatic hydroxyl groups excluding tert-OH is 1. The van der Waals surface area contributed by atoms with Crippen molar-refractivity contribution in [3.63, 3.8) is 0 Å². The van der Waals surface area contributed by atoms with E-state index in [1.165, 1.54) is 86.6 Å². The maximum Gasteiger partial charge on any atom is 0.317 e. The van der Waals surface area contributed by atoms with Crippen LogP contribution < -0.4 is 81.2 Å². The highest BCUT2D eigenvalue weighted by molar-refractivity contribution is 5.80. The molecule has 0 spiro atoms. The highest BCUT2D eigenvalue weighted by Gasteiger charge is 2.32. The van der Waals surface area contributed by atoms with E-state index in [1.807, 2.05) is 44.3 Å². The molecule has 0 bridgehead atoms.